The molecule has 0 fully saturated rings. The molecule has 1 N–H and O–H groups in total. The number of rotatable bonds is 3. The summed E-state index contributed by atoms with van der Waals surface area (Å²) in [5.74, 6) is 1.72. The third-order valence-corrected chi connectivity index (χ3v) is 4.36. The van der Waals surface area contributed by atoms with Gasteiger partial charge < -0.3 is 4.74 Å². The Morgan fingerprint density at radius 3 is 3.05 bits per heavy atom. The van der Waals surface area contributed by atoms with Crippen LogP contribution in [0.4, 0.5) is 0 Å². The standard InChI is InChI=1S/C13H13N3OS2/c1-17-10-6-3-2-5-9(10)16-12(14-15-13(16)18)11-7-4-8-19-11/h2-6,8,11H,7H2,1H3,(H,15,18). The number of H-pyrrole nitrogens is 1. The van der Waals surface area contributed by atoms with Gasteiger partial charge in [0.05, 0.1) is 18.0 Å². The minimum Gasteiger partial charge on any atom is -0.495 e. The van der Waals surface area contributed by atoms with Crippen LogP contribution < -0.4 is 4.74 Å². The maximum absolute atomic E-state index is 5.41. The van der Waals surface area contributed by atoms with Crippen molar-refractivity contribution in [2.24, 2.45) is 0 Å². The average Bonchev–Trinajstić information content (AvgIpc) is 3.07. The molecule has 2 aromatic rings. The summed E-state index contributed by atoms with van der Waals surface area (Å²) >= 11 is 7.12. The molecular formula is C13H13N3OS2. The summed E-state index contributed by atoms with van der Waals surface area (Å²) < 4.78 is 7.96. The van der Waals surface area contributed by atoms with Gasteiger partial charge in [0.2, 0.25) is 0 Å². The second-order valence-electron chi connectivity index (χ2n) is 4.13. The fourth-order valence-corrected chi connectivity index (χ4v) is 3.28. The Kier molecular flexibility index (Phi) is 3.44. The summed E-state index contributed by atoms with van der Waals surface area (Å²) in [4.78, 5) is 0. The monoisotopic (exact) mass is 291 g/mol. The molecule has 2 heterocycles. The van der Waals surface area contributed by atoms with Crippen molar-refractivity contribution in [2.75, 3.05) is 7.11 Å². The van der Waals surface area contributed by atoms with Crippen molar-refractivity contribution in [1.82, 2.24) is 14.8 Å². The molecule has 1 aliphatic rings. The van der Waals surface area contributed by atoms with E-state index in [9.17, 15) is 0 Å². The number of benzene rings is 1. The Balaban J connectivity index is 2.14. The first-order valence-corrected chi connectivity index (χ1v) is 7.27. The minimum atomic E-state index is 0.304. The average molecular weight is 291 g/mol. The fraction of sp³-hybridized carbons (Fsp3) is 0.231. The van der Waals surface area contributed by atoms with Gasteiger partial charge in [0.15, 0.2) is 4.77 Å². The van der Waals surface area contributed by atoms with Crippen LogP contribution in [-0.2, 0) is 0 Å². The number of allylic oxidation sites excluding steroid dienone is 1. The molecule has 0 radical (unpaired) electrons. The highest BCUT2D eigenvalue weighted by Crippen LogP contribution is 2.39. The van der Waals surface area contributed by atoms with E-state index in [-0.39, 0.29) is 0 Å². The van der Waals surface area contributed by atoms with Gasteiger partial charge in [-0.3, -0.25) is 9.67 Å². The van der Waals surface area contributed by atoms with Crippen LogP contribution in [0.5, 0.6) is 5.75 Å². The van der Waals surface area contributed by atoms with Crippen molar-refractivity contribution in [3.05, 3.63) is 46.3 Å². The van der Waals surface area contributed by atoms with Crippen molar-refractivity contribution in [2.45, 2.75) is 11.7 Å². The molecule has 1 aromatic carbocycles. The second-order valence-corrected chi connectivity index (χ2v) is 5.63. The van der Waals surface area contributed by atoms with Gasteiger partial charge >= 0.3 is 0 Å². The normalized spacial score (nSPS) is 17.8. The largest absolute Gasteiger partial charge is 0.495 e. The number of nitrogens with one attached hydrogen (secondary N) is 1. The van der Waals surface area contributed by atoms with E-state index < -0.39 is 0 Å². The molecule has 1 aliphatic heterocycles. The zero-order valence-corrected chi connectivity index (χ0v) is 12.0. The van der Waals surface area contributed by atoms with Crippen LogP contribution in [0.25, 0.3) is 5.69 Å². The summed E-state index contributed by atoms with van der Waals surface area (Å²) in [5.41, 5.74) is 0.922. The first-order chi connectivity index (χ1) is 9.31. The van der Waals surface area contributed by atoms with Gasteiger partial charge in [-0.05, 0) is 36.2 Å². The zero-order chi connectivity index (χ0) is 13.2. The molecule has 19 heavy (non-hydrogen) atoms. The van der Waals surface area contributed by atoms with Crippen LogP contribution in [0.1, 0.15) is 17.5 Å². The number of ether oxygens (including phenoxy) is 1. The van der Waals surface area contributed by atoms with E-state index in [1.54, 1.807) is 18.9 Å². The van der Waals surface area contributed by atoms with E-state index >= 15 is 0 Å². The summed E-state index contributed by atoms with van der Waals surface area (Å²) in [6, 6.07) is 7.82. The number of methoxy groups -OCH3 is 1. The first-order valence-electron chi connectivity index (χ1n) is 5.92. The molecule has 98 valence electrons. The molecule has 1 aromatic heterocycles. The van der Waals surface area contributed by atoms with Gasteiger partial charge in [0, 0.05) is 0 Å². The van der Waals surface area contributed by atoms with Crippen molar-refractivity contribution in [3.63, 3.8) is 0 Å². The topological polar surface area (TPSA) is 42.8 Å². The van der Waals surface area contributed by atoms with Crippen LogP contribution >= 0.6 is 24.0 Å². The van der Waals surface area contributed by atoms with Gasteiger partial charge in [-0.1, -0.05) is 18.2 Å². The molecule has 0 saturated carbocycles. The van der Waals surface area contributed by atoms with Gasteiger partial charge in [-0.25, -0.2) is 0 Å². The molecule has 0 spiro atoms. The van der Waals surface area contributed by atoms with Crippen molar-refractivity contribution in [3.8, 4) is 11.4 Å². The van der Waals surface area contributed by atoms with E-state index in [2.05, 4.69) is 21.7 Å². The number of nitrogens with zero attached hydrogens (tertiary/aromatic N) is 2. The van der Waals surface area contributed by atoms with Crippen molar-refractivity contribution < 1.29 is 4.74 Å². The Morgan fingerprint density at radius 2 is 2.32 bits per heavy atom. The number of para-hydroxylation sites is 2. The van der Waals surface area contributed by atoms with E-state index in [4.69, 9.17) is 17.0 Å². The predicted octanol–water partition coefficient (Wildman–Crippen LogP) is 3.63. The Labute approximate surface area is 120 Å². The van der Waals surface area contributed by atoms with Gasteiger partial charge in [0.1, 0.15) is 11.6 Å². The Bertz CT molecular complexity index is 667. The highest BCUT2D eigenvalue weighted by Gasteiger charge is 2.22. The lowest BCUT2D eigenvalue weighted by molar-refractivity contribution is 0.412. The molecule has 3 rings (SSSR count). The van der Waals surface area contributed by atoms with E-state index in [0.717, 1.165) is 23.7 Å². The quantitative estimate of drug-likeness (QED) is 0.877. The molecule has 0 aliphatic carbocycles. The third kappa shape index (κ3) is 2.21. The van der Waals surface area contributed by atoms with Crippen LogP contribution in [0.15, 0.2) is 35.7 Å². The van der Waals surface area contributed by atoms with E-state index in [0.29, 0.717) is 10.0 Å². The van der Waals surface area contributed by atoms with Crippen molar-refractivity contribution in [1.29, 1.82) is 0 Å². The molecule has 0 amide bonds. The predicted molar refractivity (Wildman–Crippen MR) is 79.4 cm³/mol. The van der Waals surface area contributed by atoms with E-state index in [1.807, 2.05) is 28.8 Å². The van der Waals surface area contributed by atoms with Gasteiger partial charge in [-0.15, -0.1) is 11.8 Å². The lowest BCUT2D eigenvalue weighted by Crippen LogP contribution is -2.05. The Morgan fingerprint density at radius 1 is 1.47 bits per heavy atom. The number of aromatic nitrogens is 3. The molecule has 0 saturated heterocycles. The smallest absolute Gasteiger partial charge is 0.200 e. The first kappa shape index (κ1) is 12.5. The van der Waals surface area contributed by atoms with Crippen LogP contribution in [-0.4, -0.2) is 21.9 Å². The van der Waals surface area contributed by atoms with E-state index in [1.165, 1.54) is 0 Å². The maximum atomic E-state index is 5.41. The second kappa shape index (κ2) is 5.22. The highest BCUT2D eigenvalue weighted by atomic mass is 32.2. The number of hydrogen-bond acceptors (Lipinski definition) is 4. The third-order valence-electron chi connectivity index (χ3n) is 3.00. The molecular weight excluding hydrogens is 278 g/mol. The summed E-state index contributed by atoms with van der Waals surface area (Å²) in [6.07, 6.45) is 3.12. The van der Waals surface area contributed by atoms with Crippen LogP contribution in [0.3, 0.4) is 0 Å². The molecule has 1 unspecified atom stereocenters. The number of thioether (sulfide) groups is 1. The molecule has 4 nitrogen and oxygen atoms in total. The fourth-order valence-electron chi connectivity index (χ4n) is 2.12. The van der Waals surface area contributed by atoms with Gasteiger partial charge in [0.25, 0.3) is 0 Å². The highest BCUT2D eigenvalue weighted by molar-refractivity contribution is 8.02. The lowest BCUT2D eigenvalue weighted by atomic mass is 10.2. The Hall–Kier alpha value is -1.53. The molecule has 6 heteroatoms. The molecule has 1 atom stereocenters. The molecule has 0 bridgehead atoms. The van der Waals surface area contributed by atoms with Crippen molar-refractivity contribution >= 4 is 24.0 Å². The summed E-state index contributed by atoms with van der Waals surface area (Å²) in [7, 11) is 1.66. The van der Waals surface area contributed by atoms with Crippen LogP contribution in [0, 0.1) is 4.77 Å². The minimum absolute atomic E-state index is 0.304. The van der Waals surface area contributed by atoms with Crippen LogP contribution in [0.2, 0.25) is 0 Å². The number of aromatic amines is 1. The maximum Gasteiger partial charge on any atom is 0.200 e. The lowest BCUT2D eigenvalue weighted by Gasteiger charge is -2.13. The summed E-state index contributed by atoms with van der Waals surface area (Å²) in [5, 5.41) is 9.67. The summed E-state index contributed by atoms with van der Waals surface area (Å²) in [6.45, 7) is 0. The number of hydrogen-bond donors (Lipinski definition) is 1. The van der Waals surface area contributed by atoms with Gasteiger partial charge in [-0.2, -0.15) is 5.10 Å². The zero-order valence-electron chi connectivity index (χ0n) is 10.4. The SMILES string of the molecule is COc1ccccc1-n1c(C2CC=CS2)n[nH]c1=S.